The van der Waals surface area contributed by atoms with Gasteiger partial charge in [0.1, 0.15) is 11.9 Å². The Hall–Kier alpha value is -3.89. The number of nitrogens with one attached hydrogen (secondary N) is 1. The van der Waals surface area contributed by atoms with Crippen molar-refractivity contribution in [2.75, 3.05) is 11.9 Å². The number of aromatic nitrogens is 4. The van der Waals surface area contributed by atoms with Crippen LogP contribution in [0.4, 0.5) is 5.82 Å². The summed E-state index contributed by atoms with van der Waals surface area (Å²) in [4.78, 5) is 16.8. The molecule has 0 spiro atoms. The molecule has 0 amide bonds. The topological polar surface area (TPSA) is 88.5 Å². The van der Waals surface area contributed by atoms with Crippen LogP contribution in [0.25, 0.3) is 27.9 Å². The first kappa shape index (κ1) is 20.4. The maximum absolute atomic E-state index is 12.4. The zero-order valence-electron chi connectivity index (χ0n) is 17.0. The first-order chi connectivity index (χ1) is 15.0. The van der Waals surface area contributed by atoms with E-state index >= 15 is 0 Å². The van der Waals surface area contributed by atoms with Gasteiger partial charge in [-0.1, -0.05) is 17.7 Å². The molecule has 0 radical (unpaired) electrons. The fourth-order valence-corrected chi connectivity index (χ4v) is 3.56. The van der Waals surface area contributed by atoms with Crippen LogP contribution in [0.15, 0.2) is 66.0 Å². The smallest absolute Gasteiger partial charge is 0.250 e. The highest BCUT2D eigenvalue weighted by Gasteiger charge is 2.15. The number of anilines is 1. The van der Waals surface area contributed by atoms with Crippen molar-refractivity contribution >= 4 is 17.4 Å². The molecule has 3 aromatic heterocycles. The van der Waals surface area contributed by atoms with Crippen molar-refractivity contribution < 1.29 is 0 Å². The van der Waals surface area contributed by atoms with Crippen molar-refractivity contribution in [3.05, 3.63) is 82.1 Å². The molecule has 7 nitrogen and oxygen atoms in total. The van der Waals surface area contributed by atoms with Crippen LogP contribution in [0.2, 0.25) is 5.02 Å². The predicted molar refractivity (Wildman–Crippen MR) is 121 cm³/mol. The second-order valence-electron chi connectivity index (χ2n) is 6.93. The largest absolute Gasteiger partial charge is 0.370 e. The van der Waals surface area contributed by atoms with E-state index in [1.54, 1.807) is 54.6 Å². The van der Waals surface area contributed by atoms with Crippen LogP contribution in [0.3, 0.4) is 0 Å². The molecule has 31 heavy (non-hydrogen) atoms. The van der Waals surface area contributed by atoms with Crippen LogP contribution in [0, 0.1) is 11.3 Å². The second-order valence-corrected chi connectivity index (χ2v) is 7.34. The van der Waals surface area contributed by atoms with E-state index in [1.807, 2.05) is 25.3 Å². The summed E-state index contributed by atoms with van der Waals surface area (Å²) in [5.74, 6) is 0.773. The average Bonchev–Trinajstić information content (AvgIpc) is 3.26. The Kier molecular flexibility index (Phi) is 5.56. The molecule has 0 saturated carbocycles. The highest BCUT2D eigenvalue weighted by molar-refractivity contribution is 6.32. The molecule has 1 aromatic carbocycles. The Morgan fingerprint density at radius 2 is 1.97 bits per heavy atom. The van der Waals surface area contributed by atoms with E-state index in [0.717, 1.165) is 34.6 Å². The van der Waals surface area contributed by atoms with Crippen LogP contribution in [-0.2, 0) is 7.05 Å². The van der Waals surface area contributed by atoms with E-state index < -0.39 is 0 Å². The number of rotatable bonds is 5. The van der Waals surface area contributed by atoms with Crippen LogP contribution >= 0.6 is 11.6 Å². The number of pyridine rings is 2. The molecule has 4 aromatic rings. The van der Waals surface area contributed by atoms with Gasteiger partial charge in [-0.3, -0.25) is 4.79 Å². The molecule has 0 atom stereocenters. The molecule has 0 aliphatic heterocycles. The fraction of sp³-hybridized carbons (Fsp3) is 0.130. The lowest BCUT2D eigenvalue weighted by molar-refractivity contribution is 0.863. The summed E-state index contributed by atoms with van der Waals surface area (Å²) in [6.07, 6.45) is 7.04. The third-order valence-electron chi connectivity index (χ3n) is 4.90. The number of hydrogen-bond acceptors (Lipinski definition) is 5. The molecule has 0 aliphatic rings. The molecule has 154 valence electrons. The van der Waals surface area contributed by atoms with Gasteiger partial charge in [-0.05, 0) is 36.8 Å². The monoisotopic (exact) mass is 430 g/mol. The van der Waals surface area contributed by atoms with E-state index in [0.29, 0.717) is 16.3 Å². The number of benzene rings is 1. The molecule has 1 N–H and O–H groups in total. The maximum Gasteiger partial charge on any atom is 0.250 e. The SMILES string of the molecule is CCNc1ccc(-c2cc(=O)n(C)cc2-c2cnn(-c3cccc(Cl)c3C#N)c2)cn1. The van der Waals surface area contributed by atoms with Crippen molar-refractivity contribution in [2.45, 2.75) is 6.92 Å². The fourth-order valence-electron chi connectivity index (χ4n) is 3.35. The van der Waals surface area contributed by atoms with Crippen LogP contribution < -0.4 is 10.9 Å². The normalized spacial score (nSPS) is 10.6. The second kappa shape index (κ2) is 8.46. The van der Waals surface area contributed by atoms with E-state index in [1.165, 1.54) is 4.57 Å². The van der Waals surface area contributed by atoms with Gasteiger partial charge in [0.15, 0.2) is 0 Å². The van der Waals surface area contributed by atoms with Crippen molar-refractivity contribution in [1.82, 2.24) is 19.3 Å². The van der Waals surface area contributed by atoms with E-state index in [4.69, 9.17) is 11.6 Å². The van der Waals surface area contributed by atoms with Gasteiger partial charge in [-0.25, -0.2) is 9.67 Å². The highest BCUT2D eigenvalue weighted by atomic mass is 35.5. The maximum atomic E-state index is 12.4. The average molecular weight is 431 g/mol. The van der Waals surface area contributed by atoms with Gasteiger partial charge in [0, 0.05) is 54.9 Å². The first-order valence-electron chi connectivity index (χ1n) is 9.66. The predicted octanol–water partition coefficient (Wildman–Crippen LogP) is 4.26. The number of aryl methyl sites for hydroxylation is 1. The summed E-state index contributed by atoms with van der Waals surface area (Å²) in [6.45, 7) is 2.78. The van der Waals surface area contributed by atoms with Gasteiger partial charge < -0.3 is 9.88 Å². The minimum absolute atomic E-state index is 0.122. The first-order valence-corrected chi connectivity index (χ1v) is 10.0. The van der Waals surface area contributed by atoms with Gasteiger partial charge in [-0.15, -0.1) is 0 Å². The lowest BCUT2D eigenvalue weighted by atomic mass is 9.99. The molecule has 0 bridgehead atoms. The van der Waals surface area contributed by atoms with Crippen LogP contribution in [0.1, 0.15) is 12.5 Å². The molecule has 0 unspecified atom stereocenters. The van der Waals surface area contributed by atoms with Gasteiger partial charge in [0.25, 0.3) is 5.56 Å². The van der Waals surface area contributed by atoms with Gasteiger partial charge in [0.05, 0.1) is 22.5 Å². The summed E-state index contributed by atoms with van der Waals surface area (Å²) in [7, 11) is 1.71. The zero-order valence-corrected chi connectivity index (χ0v) is 17.8. The summed E-state index contributed by atoms with van der Waals surface area (Å²) < 4.78 is 3.14. The van der Waals surface area contributed by atoms with Crippen molar-refractivity contribution in [1.29, 1.82) is 5.26 Å². The highest BCUT2D eigenvalue weighted by Crippen LogP contribution is 2.32. The minimum Gasteiger partial charge on any atom is -0.370 e. The molecule has 0 saturated heterocycles. The Bertz CT molecular complexity index is 1350. The molecule has 8 heteroatoms. The molecular weight excluding hydrogens is 412 g/mol. The Labute approximate surface area is 184 Å². The van der Waals surface area contributed by atoms with Crippen LogP contribution in [0.5, 0.6) is 0 Å². The van der Waals surface area contributed by atoms with Gasteiger partial charge in [-0.2, -0.15) is 10.4 Å². The Morgan fingerprint density at radius 3 is 2.68 bits per heavy atom. The molecular formula is C23H19ClN6O. The summed E-state index contributed by atoms with van der Waals surface area (Å²) in [5, 5.41) is 17.4. The zero-order chi connectivity index (χ0) is 22.0. The quantitative estimate of drug-likeness (QED) is 0.511. The molecule has 0 fully saturated rings. The van der Waals surface area contributed by atoms with Crippen molar-refractivity contribution in [3.63, 3.8) is 0 Å². The minimum atomic E-state index is -0.122. The molecule has 3 heterocycles. The van der Waals surface area contributed by atoms with E-state index in [9.17, 15) is 10.1 Å². The van der Waals surface area contributed by atoms with Crippen molar-refractivity contribution in [2.24, 2.45) is 7.05 Å². The van der Waals surface area contributed by atoms with E-state index in [2.05, 4.69) is 21.5 Å². The van der Waals surface area contributed by atoms with Crippen LogP contribution in [-0.4, -0.2) is 25.9 Å². The number of nitrogens with zero attached hydrogens (tertiary/aromatic N) is 5. The molecule has 0 aliphatic carbocycles. The Morgan fingerprint density at radius 1 is 1.13 bits per heavy atom. The van der Waals surface area contributed by atoms with Gasteiger partial charge in [0.2, 0.25) is 0 Å². The number of nitriles is 1. The number of hydrogen-bond donors (Lipinski definition) is 1. The summed E-state index contributed by atoms with van der Waals surface area (Å²) in [5.41, 5.74) is 4.01. The Balaban J connectivity index is 1.83. The van der Waals surface area contributed by atoms with E-state index in [-0.39, 0.29) is 5.56 Å². The number of halogens is 1. The third kappa shape index (κ3) is 3.93. The van der Waals surface area contributed by atoms with Crippen molar-refractivity contribution in [3.8, 4) is 34.0 Å². The lowest BCUT2D eigenvalue weighted by Crippen LogP contribution is -2.15. The summed E-state index contributed by atoms with van der Waals surface area (Å²) >= 11 is 6.17. The lowest BCUT2D eigenvalue weighted by Gasteiger charge is -2.11. The van der Waals surface area contributed by atoms with Gasteiger partial charge >= 0.3 is 0 Å². The third-order valence-corrected chi connectivity index (χ3v) is 5.22. The standard InChI is InChI=1S/C23H19ClN6O/c1-3-26-22-8-7-15(11-27-22)17-9-23(31)29(2)14-19(17)16-12-28-30(13-16)21-6-4-5-20(24)18(21)10-25/h4-9,11-14H,3H2,1-2H3,(H,26,27). The molecule has 4 rings (SSSR count). The summed E-state index contributed by atoms with van der Waals surface area (Å²) in [6, 6.07) is 12.8.